The Labute approximate surface area is 167 Å². The van der Waals surface area contributed by atoms with E-state index in [1.165, 1.54) is 30.3 Å². The van der Waals surface area contributed by atoms with Gasteiger partial charge in [-0.1, -0.05) is 13.0 Å². The van der Waals surface area contributed by atoms with Gasteiger partial charge in [0.1, 0.15) is 5.75 Å². The summed E-state index contributed by atoms with van der Waals surface area (Å²) in [5.41, 5.74) is -0.878. The van der Waals surface area contributed by atoms with E-state index in [1.807, 2.05) is 0 Å². The number of sulfone groups is 1. The van der Waals surface area contributed by atoms with Crippen molar-refractivity contribution < 1.29 is 31.1 Å². The molecule has 0 aliphatic carbocycles. The SMILES string of the molecule is CCCS(=O)(=O)c1ccc(OCC)c(NC(=O)Nc2cccc(C(F)(F)F)c2)c1. The van der Waals surface area contributed by atoms with Gasteiger partial charge in [0.05, 0.1) is 28.5 Å². The third kappa shape index (κ3) is 6.11. The van der Waals surface area contributed by atoms with E-state index >= 15 is 0 Å². The Kier molecular flexibility index (Phi) is 7.12. The number of urea groups is 1. The third-order valence-corrected chi connectivity index (χ3v) is 5.70. The Hall–Kier alpha value is -2.75. The molecule has 2 aromatic rings. The Morgan fingerprint density at radius 3 is 2.41 bits per heavy atom. The van der Waals surface area contributed by atoms with Gasteiger partial charge in [0.15, 0.2) is 9.84 Å². The van der Waals surface area contributed by atoms with Crippen LogP contribution in [0.2, 0.25) is 0 Å². The zero-order chi connectivity index (χ0) is 21.7. The van der Waals surface area contributed by atoms with Gasteiger partial charge in [0.2, 0.25) is 0 Å². The van der Waals surface area contributed by atoms with Crippen molar-refractivity contribution in [1.82, 2.24) is 0 Å². The smallest absolute Gasteiger partial charge is 0.416 e. The molecule has 0 saturated carbocycles. The molecule has 0 saturated heterocycles. The standard InChI is InChI=1S/C19H21F3N2O4S/c1-3-10-29(26,27)15-8-9-17(28-4-2)16(12-15)24-18(25)23-14-7-5-6-13(11-14)19(20,21)22/h5-9,11-12H,3-4,10H2,1-2H3,(H2,23,24,25). The van der Waals surface area contributed by atoms with Crippen LogP contribution in [0.5, 0.6) is 5.75 Å². The molecule has 2 aromatic carbocycles. The molecular weight excluding hydrogens is 409 g/mol. The molecule has 0 atom stereocenters. The second kappa shape index (κ2) is 9.17. The minimum Gasteiger partial charge on any atom is -0.492 e. The molecule has 0 bridgehead atoms. The summed E-state index contributed by atoms with van der Waals surface area (Å²) in [6.45, 7) is 3.72. The van der Waals surface area contributed by atoms with Gasteiger partial charge in [-0.05, 0) is 49.7 Å². The number of anilines is 2. The Morgan fingerprint density at radius 2 is 1.79 bits per heavy atom. The molecule has 0 fully saturated rings. The first kappa shape index (κ1) is 22.5. The molecule has 2 N–H and O–H groups in total. The highest BCUT2D eigenvalue weighted by molar-refractivity contribution is 7.91. The van der Waals surface area contributed by atoms with Crippen molar-refractivity contribution in [2.45, 2.75) is 31.3 Å². The van der Waals surface area contributed by atoms with Crippen molar-refractivity contribution in [3.63, 3.8) is 0 Å². The molecule has 0 radical (unpaired) electrons. The Bertz CT molecular complexity index is 976. The number of carbonyl (C=O) groups is 1. The molecule has 0 aliphatic heterocycles. The van der Waals surface area contributed by atoms with Crippen LogP contribution in [0, 0.1) is 0 Å². The lowest BCUT2D eigenvalue weighted by atomic mass is 10.2. The highest BCUT2D eigenvalue weighted by Gasteiger charge is 2.30. The second-order valence-electron chi connectivity index (χ2n) is 6.07. The monoisotopic (exact) mass is 430 g/mol. The molecule has 6 nitrogen and oxygen atoms in total. The fraction of sp³-hybridized carbons (Fsp3) is 0.316. The Balaban J connectivity index is 2.26. The number of rotatable bonds is 7. The first-order chi connectivity index (χ1) is 13.6. The van der Waals surface area contributed by atoms with E-state index in [4.69, 9.17) is 4.74 Å². The fourth-order valence-electron chi connectivity index (χ4n) is 2.53. The number of carbonyl (C=O) groups excluding carboxylic acids is 1. The van der Waals surface area contributed by atoms with Crippen LogP contribution in [0.1, 0.15) is 25.8 Å². The molecule has 0 spiro atoms. The van der Waals surface area contributed by atoms with Gasteiger partial charge in [-0.25, -0.2) is 13.2 Å². The normalized spacial score (nSPS) is 11.8. The van der Waals surface area contributed by atoms with Gasteiger partial charge in [0, 0.05) is 5.69 Å². The van der Waals surface area contributed by atoms with Gasteiger partial charge in [-0.2, -0.15) is 13.2 Å². The zero-order valence-electron chi connectivity index (χ0n) is 15.8. The van der Waals surface area contributed by atoms with Crippen molar-refractivity contribution in [3.8, 4) is 5.75 Å². The van der Waals surface area contributed by atoms with Gasteiger partial charge < -0.3 is 15.4 Å². The van der Waals surface area contributed by atoms with Crippen LogP contribution >= 0.6 is 0 Å². The van der Waals surface area contributed by atoms with Crippen molar-refractivity contribution in [2.75, 3.05) is 23.0 Å². The molecule has 2 amide bonds. The lowest BCUT2D eigenvalue weighted by Gasteiger charge is -2.15. The first-order valence-electron chi connectivity index (χ1n) is 8.81. The molecule has 0 aromatic heterocycles. The van der Waals surface area contributed by atoms with Crippen LogP contribution < -0.4 is 15.4 Å². The molecule has 0 aliphatic rings. The van der Waals surface area contributed by atoms with Crippen molar-refractivity contribution >= 4 is 27.2 Å². The van der Waals surface area contributed by atoms with Gasteiger partial charge in [0.25, 0.3) is 0 Å². The van der Waals surface area contributed by atoms with Crippen molar-refractivity contribution in [2.24, 2.45) is 0 Å². The van der Waals surface area contributed by atoms with Crippen molar-refractivity contribution in [3.05, 3.63) is 48.0 Å². The molecule has 29 heavy (non-hydrogen) atoms. The van der Waals surface area contributed by atoms with Gasteiger partial charge >= 0.3 is 12.2 Å². The lowest BCUT2D eigenvalue weighted by molar-refractivity contribution is -0.137. The van der Waals surface area contributed by atoms with E-state index in [9.17, 15) is 26.4 Å². The lowest BCUT2D eigenvalue weighted by Crippen LogP contribution is -2.20. The van der Waals surface area contributed by atoms with Crippen LogP contribution in [0.4, 0.5) is 29.3 Å². The van der Waals surface area contributed by atoms with Crippen LogP contribution in [0.3, 0.4) is 0 Å². The first-order valence-corrected chi connectivity index (χ1v) is 10.5. The summed E-state index contributed by atoms with van der Waals surface area (Å²) >= 11 is 0. The molecule has 0 unspecified atom stereocenters. The number of alkyl halides is 3. The van der Waals surface area contributed by atoms with Crippen LogP contribution in [-0.4, -0.2) is 26.8 Å². The van der Waals surface area contributed by atoms with E-state index < -0.39 is 27.6 Å². The molecular formula is C19H21F3N2O4S. The summed E-state index contributed by atoms with van der Waals surface area (Å²) in [7, 11) is -3.53. The quantitative estimate of drug-likeness (QED) is 0.652. The second-order valence-corrected chi connectivity index (χ2v) is 8.18. The average molecular weight is 430 g/mol. The predicted octanol–water partition coefficient (Wildman–Crippen LogP) is 4.93. The highest BCUT2D eigenvalue weighted by atomic mass is 32.2. The highest BCUT2D eigenvalue weighted by Crippen LogP contribution is 2.31. The van der Waals surface area contributed by atoms with Crippen molar-refractivity contribution in [1.29, 1.82) is 0 Å². The minimum absolute atomic E-state index is 0.0113. The summed E-state index contributed by atoms with van der Waals surface area (Å²) in [6, 6.07) is 7.39. The van der Waals surface area contributed by atoms with Crippen LogP contribution in [0.25, 0.3) is 0 Å². The van der Waals surface area contributed by atoms with Gasteiger partial charge in [-0.15, -0.1) is 0 Å². The largest absolute Gasteiger partial charge is 0.492 e. The minimum atomic E-state index is -4.54. The summed E-state index contributed by atoms with van der Waals surface area (Å²) in [5, 5.41) is 4.74. The summed E-state index contributed by atoms with van der Waals surface area (Å²) in [6.07, 6.45) is -4.12. The molecule has 158 valence electrons. The van der Waals surface area contributed by atoms with E-state index in [-0.39, 0.29) is 34.4 Å². The third-order valence-electron chi connectivity index (χ3n) is 3.78. The summed E-state index contributed by atoms with van der Waals surface area (Å²) in [5.74, 6) is 0.179. The fourth-order valence-corrected chi connectivity index (χ4v) is 3.87. The average Bonchev–Trinajstić information content (AvgIpc) is 2.62. The number of halogens is 3. The molecule has 2 rings (SSSR count). The maximum absolute atomic E-state index is 12.8. The number of hydrogen-bond donors (Lipinski definition) is 2. The zero-order valence-corrected chi connectivity index (χ0v) is 16.7. The van der Waals surface area contributed by atoms with E-state index in [0.717, 1.165) is 12.1 Å². The van der Waals surface area contributed by atoms with Gasteiger partial charge in [-0.3, -0.25) is 0 Å². The predicted molar refractivity (Wildman–Crippen MR) is 104 cm³/mol. The molecule has 10 heteroatoms. The van der Waals surface area contributed by atoms with E-state index in [2.05, 4.69) is 10.6 Å². The number of benzene rings is 2. The van der Waals surface area contributed by atoms with E-state index in [1.54, 1.807) is 13.8 Å². The number of nitrogens with one attached hydrogen (secondary N) is 2. The number of ether oxygens (including phenoxy) is 1. The van der Waals surface area contributed by atoms with Crippen LogP contribution in [0.15, 0.2) is 47.4 Å². The maximum Gasteiger partial charge on any atom is 0.416 e. The van der Waals surface area contributed by atoms with E-state index in [0.29, 0.717) is 6.42 Å². The topological polar surface area (TPSA) is 84.5 Å². The summed E-state index contributed by atoms with van der Waals surface area (Å²) in [4.78, 5) is 12.3. The number of hydrogen-bond acceptors (Lipinski definition) is 4. The Morgan fingerprint density at radius 1 is 1.07 bits per heavy atom. The maximum atomic E-state index is 12.8. The number of amides is 2. The van der Waals surface area contributed by atoms with Crippen LogP contribution in [-0.2, 0) is 16.0 Å². The molecule has 0 heterocycles. The summed E-state index contributed by atoms with van der Waals surface area (Å²) < 4.78 is 68.4.